The molecule has 1 aromatic heterocycles. The maximum atomic E-state index is 12.3. The van der Waals surface area contributed by atoms with Gasteiger partial charge in [-0.3, -0.25) is 4.79 Å². The normalized spacial score (nSPS) is 10.5. The topological polar surface area (TPSA) is 123 Å². The van der Waals surface area contributed by atoms with Gasteiger partial charge in [0, 0.05) is 11.6 Å². The Morgan fingerprint density at radius 2 is 1.73 bits per heavy atom. The lowest BCUT2D eigenvalue weighted by molar-refractivity contribution is 0.0560. The minimum absolute atomic E-state index is 0.101. The molecule has 2 rings (SSSR count). The first-order valence-corrected chi connectivity index (χ1v) is 6.02. The third kappa shape index (κ3) is 2.14. The van der Waals surface area contributed by atoms with Crippen molar-refractivity contribution in [1.29, 1.82) is 0 Å². The molecule has 8 heteroatoms. The van der Waals surface area contributed by atoms with Crippen LogP contribution in [0.2, 0.25) is 0 Å². The van der Waals surface area contributed by atoms with Gasteiger partial charge in [-0.15, -0.1) is 0 Å². The van der Waals surface area contributed by atoms with Crippen LogP contribution in [0.25, 0.3) is 11.0 Å². The fourth-order valence-corrected chi connectivity index (χ4v) is 2.00. The summed E-state index contributed by atoms with van der Waals surface area (Å²) in [5.41, 5.74) is -1.66. The van der Waals surface area contributed by atoms with Gasteiger partial charge in [0.1, 0.15) is 28.0 Å². The van der Waals surface area contributed by atoms with E-state index in [1.54, 1.807) is 0 Å². The van der Waals surface area contributed by atoms with E-state index in [0.29, 0.717) is 0 Å². The first-order valence-electron chi connectivity index (χ1n) is 6.02. The van der Waals surface area contributed by atoms with Crippen molar-refractivity contribution in [1.82, 2.24) is 0 Å². The van der Waals surface area contributed by atoms with Crippen molar-refractivity contribution in [3.05, 3.63) is 33.2 Å². The number of benzene rings is 1. The zero-order valence-electron chi connectivity index (χ0n) is 11.9. The Hall–Kier alpha value is -3.03. The second kappa shape index (κ2) is 5.40. The first-order chi connectivity index (χ1) is 10.3. The van der Waals surface area contributed by atoms with E-state index in [-0.39, 0.29) is 22.3 Å². The fourth-order valence-electron chi connectivity index (χ4n) is 2.00. The molecule has 22 heavy (non-hydrogen) atoms. The average molecular weight is 308 g/mol. The molecule has 0 spiro atoms. The minimum atomic E-state index is -1.02. The van der Waals surface area contributed by atoms with Gasteiger partial charge in [0.2, 0.25) is 5.76 Å². The fraction of sp³-hybridized carbons (Fsp3) is 0.214. The van der Waals surface area contributed by atoms with Crippen LogP contribution in [0, 0.1) is 6.92 Å². The van der Waals surface area contributed by atoms with Crippen LogP contribution >= 0.6 is 0 Å². The summed E-state index contributed by atoms with van der Waals surface area (Å²) in [6, 6.07) is 0.939. The van der Waals surface area contributed by atoms with Crippen LogP contribution in [0.5, 0.6) is 11.5 Å². The summed E-state index contributed by atoms with van der Waals surface area (Å²) in [5.74, 6) is -3.70. The molecule has 1 heterocycles. The summed E-state index contributed by atoms with van der Waals surface area (Å²) >= 11 is 0. The van der Waals surface area contributed by atoms with Gasteiger partial charge in [0.25, 0.3) is 0 Å². The summed E-state index contributed by atoms with van der Waals surface area (Å²) in [7, 11) is 2.17. The van der Waals surface area contributed by atoms with Crippen LogP contribution in [-0.2, 0) is 9.47 Å². The molecular weight excluding hydrogens is 296 g/mol. The summed E-state index contributed by atoms with van der Waals surface area (Å²) in [6.07, 6.45) is 0. The second-order valence-corrected chi connectivity index (χ2v) is 4.36. The van der Waals surface area contributed by atoms with Crippen LogP contribution in [0.3, 0.4) is 0 Å². The Bertz CT molecular complexity index is 846. The quantitative estimate of drug-likeness (QED) is 0.790. The zero-order valence-corrected chi connectivity index (χ0v) is 11.9. The van der Waals surface area contributed by atoms with E-state index in [2.05, 4.69) is 9.47 Å². The molecule has 0 fully saturated rings. The third-order valence-corrected chi connectivity index (χ3v) is 3.12. The van der Waals surface area contributed by atoms with Gasteiger partial charge in [0.15, 0.2) is 5.43 Å². The van der Waals surface area contributed by atoms with Crippen molar-refractivity contribution in [2.75, 3.05) is 14.2 Å². The van der Waals surface area contributed by atoms with Crippen LogP contribution in [0.4, 0.5) is 0 Å². The number of carbonyl (C=O) groups is 2. The van der Waals surface area contributed by atoms with E-state index in [4.69, 9.17) is 4.42 Å². The number of fused-ring (bicyclic) bond motifs is 1. The number of aromatic hydroxyl groups is 2. The molecule has 0 aliphatic carbocycles. The predicted molar refractivity (Wildman–Crippen MR) is 73.2 cm³/mol. The summed E-state index contributed by atoms with van der Waals surface area (Å²) < 4.78 is 14.1. The van der Waals surface area contributed by atoms with E-state index in [1.165, 1.54) is 6.92 Å². The lowest BCUT2D eigenvalue weighted by atomic mass is 10.1. The molecule has 2 N–H and O–H groups in total. The predicted octanol–water partition coefficient (Wildman–Crippen LogP) is 1.09. The first kappa shape index (κ1) is 15.4. The smallest absolute Gasteiger partial charge is 0.374 e. The molecule has 0 amide bonds. The molecule has 0 saturated heterocycles. The summed E-state index contributed by atoms with van der Waals surface area (Å²) in [6.45, 7) is 1.31. The molecule has 1 aromatic carbocycles. The van der Waals surface area contributed by atoms with Gasteiger partial charge >= 0.3 is 11.9 Å². The van der Waals surface area contributed by atoms with Crippen molar-refractivity contribution >= 4 is 22.9 Å². The Kier molecular flexibility index (Phi) is 3.77. The van der Waals surface area contributed by atoms with Crippen molar-refractivity contribution in [2.24, 2.45) is 0 Å². The molecule has 8 nitrogen and oxygen atoms in total. The van der Waals surface area contributed by atoms with E-state index in [1.807, 2.05) is 0 Å². The van der Waals surface area contributed by atoms with E-state index >= 15 is 0 Å². The standard InChI is InChI=1S/C14H12O8/c1-5-10(16)9-7(22-12(5)14(19)21-3)4-6(15)8(11(9)17)13(18)20-2/h4,15,17H,1-3H3. The molecule has 0 bridgehead atoms. The number of carbonyl (C=O) groups excluding carboxylic acids is 2. The maximum absolute atomic E-state index is 12.3. The molecule has 0 unspecified atom stereocenters. The van der Waals surface area contributed by atoms with Gasteiger partial charge in [-0.25, -0.2) is 9.59 Å². The molecule has 116 valence electrons. The molecule has 0 aliphatic rings. The third-order valence-electron chi connectivity index (χ3n) is 3.12. The number of ether oxygens (including phenoxy) is 2. The Balaban J connectivity index is 2.94. The number of phenols is 2. The van der Waals surface area contributed by atoms with E-state index in [9.17, 15) is 24.6 Å². The van der Waals surface area contributed by atoms with E-state index < -0.39 is 34.4 Å². The monoisotopic (exact) mass is 308 g/mol. The SMILES string of the molecule is COC(=O)c1oc2cc(O)c(C(=O)OC)c(O)c2c(=O)c1C. The van der Waals surface area contributed by atoms with Gasteiger partial charge in [-0.2, -0.15) is 0 Å². The van der Waals surface area contributed by atoms with Gasteiger partial charge in [-0.1, -0.05) is 0 Å². The summed E-state index contributed by atoms with van der Waals surface area (Å²) in [5, 5.41) is 19.5. The van der Waals surface area contributed by atoms with Crippen LogP contribution in [-0.4, -0.2) is 36.4 Å². The van der Waals surface area contributed by atoms with Crippen LogP contribution in [0.15, 0.2) is 15.3 Å². The highest BCUT2D eigenvalue weighted by atomic mass is 16.5. The lowest BCUT2D eigenvalue weighted by Crippen LogP contribution is -2.15. The summed E-state index contributed by atoms with van der Waals surface area (Å²) in [4.78, 5) is 35.4. The minimum Gasteiger partial charge on any atom is -0.507 e. The number of esters is 2. The molecule has 0 saturated carbocycles. The average Bonchev–Trinajstić information content (AvgIpc) is 2.49. The number of methoxy groups -OCH3 is 2. The Morgan fingerprint density at radius 1 is 1.14 bits per heavy atom. The van der Waals surface area contributed by atoms with Crippen molar-refractivity contribution in [3.8, 4) is 11.5 Å². The second-order valence-electron chi connectivity index (χ2n) is 4.36. The van der Waals surface area contributed by atoms with Crippen LogP contribution < -0.4 is 5.43 Å². The highest BCUT2D eigenvalue weighted by molar-refractivity contribution is 6.03. The van der Waals surface area contributed by atoms with E-state index in [0.717, 1.165) is 20.3 Å². The van der Waals surface area contributed by atoms with Crippen LogP contribution in [0.1, 0.15) is 26.5 Å². The molecule has 2 aromatic rings. The molecule has 0 radical (unpaired) electrons. The van der Waals surface area contributed by atoms with Crippen molar-refractivity contribution in [3.63, 3.8) is 0 Å². The largest absolute Gasteiger partial charge is 0.507 e. The lowest BCUT2D eigenvalue weighted by Gasteiger charge is -2.10. The highest BCUT2D eigenvalue weighted by Gasteiger charge is 2.26. The Morgan fingerprint density at radius 3 is 2.27 bits per heavy atom. The van der Waals surface area contributed by atoms with Crippen molar-refractivity contribution < 1.29 is 33.7 Å². The zero-order chi connectivity index (χ0) is 16.6. The number of hydrogen-bond acceptors (Lipinski definition) is 8. The molecular formula is C14H12O8. The Labute approximate surface area is 123 Å². The number of phenolic OH excluding ortho intramolecular Hbond substituents is 2. The number of hydrogen-bond donors (Lipinski definition) is 2. The highest BCUT2D eigenvalue weighted by Crippen LogP contribution is 2.35. The van der Waals surface area contributed by atoms with Gasteiger partial charge in [0.05, 0.1) is 14.2 Å². The van der Waals surface area contributed by atoms with Gasteiger partial charge in [-0.05, 0) is 6.92 Å². The van der Waals surface area contributed by atoms with Gasteiger partial charge < -0.3 is 24.1 Å². The molecule has 0 atom stereocenters. The molecule has 0 aliphatic heterocycles. The van der Waals surface area contributed by atoms with Crippen molar-refractivity contribution in [2.45, 2.75) is 6.92 Å². The maximum Gasteiger partial charge on any atom is 0.374 e. The number of rotatable bonds is 2.